The van der Waals surface area contributed by atoms with Gasteiger partial charge < -0.3 is 4.74 Å². The normalized spacial score (nSPS) is 18.7. The second-order valence-electron chi connectivity index (χ2n) is 4.55. The maximum Gasteiger partial charge on any atom is 0.272 e. The smallest absolute Gasteiger partial charge is 0.272 e. The molecule has 0 aliphatic carbocycles. The van der Waals surface area contributed by atoms with Gasteiger partial charge in [-0.15, -0.1) is 0 Å². The summed E-state index contributed by atoms with van der Waals surface area (Å²) < 4.78 is 37.1. The lowest BCUT2D eigenvalue weighted by atomic mass is 9.97. The standard InChI is InChI=1S/C12H16O4S/c1-9-2-4-11(5-3-9)12(17(13,14)15)6-10-7-16-8-10/h2-5,10,12H,6-8H2,1H3,(H,13,14,15). The average Bonchev–Trinajstić information content (AvgIpc) is 2.16. The summed E-state index contributed by atoms with van der Waals surface area (Å²) in [6, 6.07) is 7.22. The highest BCUT2D eigenvalue weighted by Gasteiger charge is 2.31. The Bertz CT molecular complexity index is 474. The molecule has 1 aliphatic heterocycles. The SMILES string of the molecule is Cc1ccc(C(CC2COC2)S(=O)(=O)O)cc1. The van der Waals surface area contributed by atoms with Gasteiger partial charge in [0.1, 0.15) is 5.25 Å². The van der Waals surface area contributed by atoms with Gasteiger partial charge in [0.2, 0.25) is 0 Å². The van der Waals surface area contributed by atoms with Crippen molar-refractivity contribution in [3.05, 3.63) is 35.4 Å². The zero-order valence-corrected chi connectivity index (χ0v) is 10.5. The minimum Gasteiger partial charge on any atom is -0.381 e. The molecular formula is C12H16O4S. The van der Waals surface area contributed by atoms with Crippen LogP contribution in [0.15, 0.2) is 24.3 Å². The fourth-order valence-corrected chi connectivity index (χ4v) is 2.95. The highest BCUT2D eigenvalue weighted by atomic mass is 32.2. The molecule has 1 atom stereocenters. The van der Waals surface area contributed by atoms with Crippen molar-refractivity contribution in [2.24, 2.45) is 5.92 Å². The molecule has 0 saturated carbocycles. The van der Waals surface area contributed by atoms with Gasteiger partial charge in [0.25, 0.3) is 10.1 Å². The van der Waals surface area contributed by atoms with Gasteiger partial charge >= 0.3 is 0 Å². The van der Waals surface area contributed by atoms with Gasteiger partial charge in [-0.25, -0.2) is 0 Å². The molecule has 1 unspecified atom stereocenters. The van der Waals surface area contributed by atoms with Crippen LogP contribution < -0.4 is 0 Å². The van der Waals surface area contributed by atoms with Crippen LogP contribution in [0, 0.1) is 12.8 Å². The molecule has 1 aliphatic rings. The van der Waals surface area contributed by atoms with E-state index in [1.165, 1.54) is 0 Å². The van der Waals surface area contributed by atoms with Gasteiger partial charge in [-0.1, -0.05) is 29.8 Å². The zero-order chi connectivity index (χ0) is 12.5. The minimum atomic E-state index is -4.06. The third-order valence-corrected chi connectivity index (χ3v) is 4.25. The highest BCUT2D eigenvalue weighted by molar-refractivity contribution is 7.86. The third-order valence-electron chi connectivity index (χ3n) is 3.06. The van der Waals surface area contributed by atoms with Crippen molar-refractivity contribution >= 4 is 10.1 Å². The second-order valence-corrected chi connectivity index (χ2v) is 6.15. The molecule has 17 heavy (non-hydrogen) atoms. The molecule has 1 aromatic carbocycles. The Labute approximate surface area is 101 Å². The number of rotatable bonds is 4. The van der Waals surface area contributed by atoms with E-state index in [2.05, 4.69) is 0 Å². The first kappa shape index (κ1) is 12.5. The van der Waals surface area contributed by atoms with E-state index in [9.17, 15) is 13.0 Å². The van der Waals surface area contributed by atoms with Gasteiger partial charge in [-0.05, 0) is 18.9 Å². The summed E-state index contributed by atoms with van der Waals surface area (Å²) in [4.78, 5) is 0. The van der Waals surface area contributed by atoms with Crippen LogP contribution in [0.25, 0.3) is 0 Å². The summed E-state index contributed by atoms with van der Waals surface area (Å²) in [6.45, 7) is 3.10. The molecule has 4 nitrogen and oxygen atoms in total. The van der Waals surface area contributed by atoms with Crippen molar-refractivity contribution in [2.45, 2.75) is 18.6 Å². The van der Waals surface area contributed by atoms with Crippen molar-refractivity contribution in [1.82, 2.24) is 0 Å². The van der Waals surface area contributed by atoms with Crippen molar-refractivity contribution < 1.29 is 17.7 Å². The molecule has 1 saturated heterocycles. The summed E-state index contributed by atoms with van der Waals surface area (Å²) in [5, 5.41) is -0.836. The Morgan fingerprint density at radius 3 is 2.35 bits per heavy atom. The molecular weight excluding hydrogens is 240 g/mol. The molecule has 1 heterocycles. The van der Waals surface area contributed by atoms with Crippen LogP contribution in [0.2, 0.25) is 0 Å². The van der Waals surface area contributed by atoms with Crippen LogP contribution in [0.4, 0.5) is 0 Å². The predicted octanol–water partition coefficient (Wildman–Crippen LogP) is 1.96. The first-order valence-corrected chi connectivity index (χ1v) is 7.08. The number of hydrogen-bond donors (Lipinski definition) is 1. The Balaban J connectivity index is 2.23. The number of benzene rings is 1. The molecule has 0 radical (unpaired) electrons. The van der Waals surface area contributed by atoms with Crippen LogP contribution in [0.3, 0.4) is 0 Å². The Kier molecular flexibility index (Phi) is 3.51. The lowest BCUT2D eigenvalue weighted by Gasteiger charge is -2.28. The fraction of sp³-hybridized carbons (Fsp3) is 0.500. The van der Waals surface area contributed by atoms with Crippen LogP contribution in [0.5, 0.6) is 0 Å². The fourth-order valence-electron chi connectivity index (χ4n) is 1.93. The molecule has 5 heteroatoms. The lowest BCUT2D eigenvalue weighted by molar-refractivity contribution is -0.0360. The van der Waals surface area contributed by atoms with Crippen LogP contribution in [0.1, 0.15) is 22.8 Å². The van der Waals surface area contributed by atoms with E-state index in [1.54, 1.807) is 12.1 Å². The minimum absolute atomic E-state index is 0.225. The van der Waals surface area contributed by atoms with Gasteiger partial charge in [0.15, 0.2) is 0 Å². The molecule has 1 fully saturated rings. The summed E-state index contributed by atoms with van der Waals surface area (Å²) >= 11 is 0. The van der Waals surface area contributed by atoms with E-state index in [-0.39, 0.29) is 5.92 Å². The molecule has 2 rings (SSSR count). The summed E-state index contributed by atoms with van der Waals surface area (Å²) in [6.07, 6.45) is 0.419. The summed E-state index contributed by atoms with van der Waals surface area (Å²) in [7, 11) is -4.06. The maximum atomic E-state index is 11.4. The van der Waals surface area contributed by atoms with E-state index in [4.69, 9.17) is 4.74 Å². The molecule has 94 valence electrons. The monoisotopic (exact) mass is 256 g/mol. The molecule has 0 amide bonds. The quantitative estimate of drug-likeness (QED) is 0.836. The third kappa shape index (κ3) is 3.06. The van der Waals surface area contributed by atoms with E-state index >= 15 is 0 Å². The van der Waals surface area contributed by atoms with Gasteiger partial charge in [0, 0.05) is 5.92 Å². The molecule has 1 N–H and O–H groups in total. The maximum absolute atomic E-state index is 11.4. The van der Waals surface area contributed by atoms with E-state index < -0.39 is 15.4 Å². The molecule has 0 aromatic heterocycles. The first-order valence-electron chi connectivity index (χ1n) is 5.57. The van der Waals surface area contributed by atoms with Crippen molar-refractivity contribution in [3.63, 3.8) is 0 Å². The molecule has 1 aromatic rings. The van der Waals surface area contributed by atoms with Crippen molar-refractivity contribution in [2.75, 3.05) is 13.2 Å². The summed E-state index contributed by atoms with van der Waals surface area (Å²) in [5.74, 6) is 0.225. The number of ether oxygens (including phenoxy) is 1. The first-order chi connectivity index (χ1) is 7.97. The Morgan fingerprint density at radius 2 is 1.94 bits per heavy atom. The largest absolute Gasteiger partial charge is 0.381 e. The zero-order valence-electron chi connectivity index (χ0n) is 9.67. The van der Waals surface area contributed by atoms with Crippen LogP contribution in [-0.4, -0.2) is 26.2 Å². The van der Waals surface area contributed by atoms with Gasteiger partial charge in [-0.3, -0.25) is 4.55 Å². The predicted molar refractivity (Wildman–Crippen MR) is 64.4 cm³/mol. The van der Waals surface area contributed by atoms with E-state index in [0.717, 1.165) is 5.56 Å². The van der Waals surface area contributed by atoms with Crippen molar-refractivity contribution in [1.29, 1.82) is 0 Å². The highest BCUT2D eigenvalue weighted by Crippen LogP contribution is 2.31. The van der Waals surface area contributed by atoms with E-state index in [1.807, 2.05) is 19.1 Å². The van der Waals surface area contributed by atoms with Crippen LogP contribution >= 0.6 is 0 Å². The van der Waals surface area contributed by atoms with Gasteiger partial charge in [-0.2, -0.15) is 8.42 Å². The topological polar surface area (TPSA) is 63.6 Å². The average molecular weight is 256 g/mol. The number of aryl methyl sites for hydroxylation is 1. The number of hydrogen-bond acceptors (Lipinski definition) is 3. The van der Waals surface area contributed by atoms with E-state index in [0.29, 0.717) is 25.2 Å². The Morgan fingerprint density at radius 1 is 1.35 bits per heavy atom. The molecule has 0 bridgehead atoms. The summed E-state index contributed by atoms with van der Waals surface area (Å²) in [5.41, 5.74) is 1.71. The van der Waals surface area contributed by atoms with Crippen LogP contribution in [-0.2, 0) is 14.9 Å². The molecule has 0 spiro atoms. The van der Waals surface area contributed by atoms with Gasteiger partial charge in [0.05, 0.1) is 13.2 Å². The lowest BCUT2D eigenvalue weighted by Crippen LogP contribution is -2.30. The Hall–Kier alpha value is -0.910. The second kappa shape index (κ2) is 4.76. The van der Waals surface area contributed by atoms with Crippen molar-refractivity contribution in [3.8, 4) is 0 Å².